The van der Waals surface area contributed by atoms with Crippen molar-refractivity contribution >= 4 is 46.1 Å². The van der Waals surface area contributed by atoms with E-state index in [1.807, 2.05) is 49.4 Å². The number of amides is 4. The van der Waals surface area contributed by atoms with Crippen molar-refractivity contribution in [1.29, 1.82) is 0 Å². The van der Waals surface area contributed by atoms with Crippen LogP contribution < -0.4 is 15.4 Å². The number of anilines is 1. The molecule has 7 nitrogen and oxygen atoms in total. The Balaban J connectivity index is 1.66. The molecular weight excluding hydrogens is 545 g/mol. The molecule has 1 saturated heterocycles. The first kappa shape index (κ1) is 23.7. The van der Waals surface area contributed by atoms with E-state index in [0.717, 1.165) is 14.0 Å². The summed E-state index contributed by atoms with van der Waals surface area (Å²) in [7, 11) is 1.56. The lowest BCUT2D eigenvalue weighted by atomic mass is 9.91. The molecule has 0 radical (unpaired) electrons. The van der Waals surface area contributed by atoms with Gasteiger partial charge >= 0.3 is 6.03 Å². The number of rotatable bonds is 7. The van der Waals surface area contributed by atoms with Crippen molar-refractivity contribution in [1.82, 2.24) is 10.2 Å². The van der Waals surface area contributed by atoms with Crippen LogP contribution in [-0.4, -0.2) is 35.9 Å². The molecule has 0 unspecified atom stereocenters. The summed E-state index contributed by atoms with van der Waals surface area (Å²) in [5.41, 5.74) is 2.05. The second-order valence-corrected chi connectivity index (χ2v) is 9.25. The van der Waals surface area contributed by atoms with Crippen molar-refractivity contribution in [3.05, 3.63) is 93.6 Å². The third kappa shape index (κ3) is 4.91. The zero-order valence-corrected chi connectivity index (χ0v) is 20.9. The number of nitrogens with one attached hydrogen (secondary N) is 2. The maximum atomic E-state index is 13.5. The van der Waals surface area contributed by atoms with E-state index in [1.54, 1.807) is 43.5 Å². The molecular formula is C26H24IN3O4. The van der Waals surface area contributed by atoms with Crippen LogP contribution in [0.25, 0.3) is 0 Å². The number of carbonyl (C=O) groups excluding carboxylic acids is 3. The molecule has 3 aromatic carbocycles. The smallest absolute Gasteiger partial charge is 0.325 e. The third-order valence-electron chi connectivity index (χ3n) is 5.88. The summed E-state index contributed by atoms with van der Waals surface area (Å²) in [6.45, 7) is 1.84. The maximum absolute atomic E-state index is 13.5. The minimum atomic E-state index is -1.04. The number of nitrogens with zero attached hydrogens (tertiary/aromatic N) is 1. The van der Waals surface area contributed by atoms with E-state index < -0.39 is 35.8 Å². The Kier molecular flexibility index (Phi) is 7.16. The molecule has 4 rings (SSSR count). The van der Waals surface area contributed by atoms with Gasteiger partial charge in [0, 0.05) is 15.2 Å². The summed E-state index contributed by atoms with van der Waals surface area (Å²) in [6, 6.07) is 21.1. The van der Waals surface area contributed by atoms with Crippen molar-refractivity contribution in [3.63, 3.8) is 0 Å². The Morgan fingerprint density at radius 3 is 2.26 bits per heavy atom. The van der Waals surface area contributed by atoms with Gasteiger partial charge in [-0.3, -0.25) is 9.59 Å². The van der Waals surface area contributed by atoms with Gasteiger partial charge in [-0.1, -0.05) is 49.4 Å². The van der Waals surface area contributed by atoms with Crippen molar-refractivity contribution in [3.8, 4) is 5.75 Å². The van der Waals surface area contributed by atoms with E-state index >= 15 is 0 Å². The molecule has 0 aromatic heterocycles. The zero-order valence-electron chi connectivity index (χ0n) is 18.7. The van der Waals surface area contributed by atoms with Crippen LogP contribution in [0.3, 0.4) is 0 Å². The number of halogens is 1. The first-order chi connectivity index (χ1) is 16.4. The monoisotopic (exact) mass is 569 g/mol. The van der Waals surface area contributed by atoms with Crippen molar-refractivity contribution in [2.45, 2.75) is 24.9 Å². The van der Waals surface area contributed by atoms with Gasteiger partial charge in [0.05, 0.1) is 7.11 Å². The normalized spacial score (nSPS) is 17.1. The number of benzene rings is 3. The molecule has 0 saturated carbocycles. The van der Waals surface area contributed by atoms with Gasteiger partial charge in [-0.15, -0.1) is 0 Å². The van der Waals surface area contributed by atoms with Crippen molar-refractivity contribution < 1.29 is 19.1 Å². The van der Waals surface area contributed by atoms with Crippen LogP contribution in [0, 0.1) is 3.57 Å². The number of methoxy groups -OCH3 is 1. The van der Waals surface area contributed by atoms with Gasteiger partial charge in [0.1, 0.15) is 17.8 Å². The van der Waals surface area contributed by atoms with Crippen LogP contribution in [0.15, 0.2) is 78.9 Å². The predicted molar refractivity (Wildman–Crippen MR) is 138 cm³/mol. The molecule has 2 N–H and O–H groups in total. The van der Waals surface area contributed by atoms with Gasteiger partial charge in [-0.2, -0.15) is 0 Å². The largest absolute Gasteiger partial charge is 0.497 e. The average molecular weight is 569 g/mol. The number of hydrogen-bond donors (Lipinski definition) is 2. The van der Waals surface area contributed by atoms with Crippen molar-refractivity contribution in [2.24, 2.45) is 0 Å². The number of urea groups is 1. The Morgan fingerprint density at radius 1 is 1.00 bits per heavy atom. The Bertz CT molecular complexity index is 1180. The quantitative estimate of drug-likeness (QED) is 0.319. The zero-order chi connectivity index (χ0) is 24.2. The number of hydrogen-bond acceptors (Lipinski definition) is 4. The average Bonchev–Trinajstić information content (AvgIpc) is 3.15. The summed E-state index contributed by atoms with van der Waals surface area (Å²) in [6.07, 6.45) is 0. The third-order valence-corrected chi connectivity index (χ3v) is 6.60. The second kappa shape index (κ2) is 10.3. The predicted octanol–water partition coefficient (Wildman–Crippen LogP) is 4.70. The fourth-order valence-corrected chi connectivity index (χ4v) is 4.40. The number of carbonyl (C=O) groups is 3. The standard InChI is InChI=1S/C26H24IN3O4/c1-16(17-6-4-3-5-7-17)23(24(31)28-20-12-10-19(27)11-13-20)30-25(32)22(29-26(30)33)18-8-14-21(34-2)15-9-18/h3-16,22-23H,1-2H3,(H,28,31)(H,29,33)/t16-,22+,23-/m0/s1. The molecule has 0 spiro atoms. The van der Waals surface area contributed by atoms with E-state index in [1.165, 1.54) is 0 Å². The summed E-state index contributed by atoms with van der Waals surface area (Å²) >= 11 is 2.18. The summed E-state index contributed by atoms with van der Waals surface area (Å²) in [4.78, 5) is 41.1. The van der Waals surface area contributed by atoms with Gasteiger partial charge in [-0.05, 0) is 70.1 Å². The van der Waals surface area contributed by atoms with Crippen LogP contribution in [0.5, 0.6) is 5.75 Å². The number of imide groups is 1. The topological polar surface area (TPSA) is 87.7 Å². The van der Waals surface area contributed by atoms with Crippen molar-refractivity contribution in [2.75, 3.05) is 12.4 Å². The molecule has 1 aliphatic heterocycles. The van der Waals surface area contributed by atoms with E-state index in [4.69, 9.17) is 4.74 Å². The SMILES string of the molecule is COc1ccc([C@H]2NC(=O)N([C@H](C(=O)Nc3ccc(I)cc3)[C@@H](C)c3ccccc3)C2=O)cc1. The molecule has 1 fully saturated rings. The summed E-state index contributed by atoms with van der Waals surface area (Å²) < 4.78 is 6.21. The first-order valence-electron chi connectivity index (χ1n) is 10.8. The molecule has 0 bridgehead atoms. The molecule has 174 valence electrons. The van der Waals surface area contributed by atoms with Crippen LogP contribution in [0.1, 0.15) is 30.0 Å². The first-order valence-corrected chi connectivity index (χ1v) is 11.9. The van der Waals surface area contributed by atoms with Gasteiger partial charge in [0.15, 0.2) is 0 Å². The minimum absolute atomic E-state index is 0.434. The highest BCUT2D eigenvalue weighted by molar-refractivity contribution is 14.1. The van der Waals surface area contributed by atoms with Gasteiger partial charge in [0.2, 0.25) is 5.91 Å². The Labute approximate surface area is 211 Å². The molecule has 4 amide bonds. The van der Waals surface area contributed by atoms with E-state index in [9.17, 15) is 14.4 Å². The summed E-state index contributed by atoms with van der Waals surface area (Å²) in [5.74, 6) is -0.698. The van der Waals surface area contributed by atoms with Crippen LogP contribution in [-0.2, 0) is 9.59 Å². The van der Waals surface area contributed by atoms with Gasteiger partial charge in [-0.25, -0.2) is 9.69 Å². The molecule has 8 heteroatoms. The van der Waals surface area contributed by atoms with Crippen LogP contribution in [0.2, 0.25) is 0 Å². The Morgan fingerprint density at radius 2 is 1.65 bits per heavy atom. The molecule has 0 aliphatic carbocycles. The lowest BCUT2D eigenvalue weighted by Gasteiger charge is -2.30. The fourth-order valence-electron chi connectivity index (χ4n) is 4.04. The highest BCUT2D eigenvalue weighted by Crippen LogP contribution is 2.31. The Hall–Kier alpha value is -3.40. The van der Waals surface area contributed by atoms with E-state index in [2.05, 4.69) is 33.2 Å². The molecule has 1 aliphatic rings. The molecule has 1 heterocycles. The summed E-state index contributed by atoms with van der Waals surface area (Å²) in [5, 5.41) is 5.61. The molecule has 3 atom stereocenters. The fraction of sp³-hybridized carbons (Fsp3) is 0.192. The minimum Gasteiger partial charge on any atom is -0.497 e. The maximum Gasteiger partial charge on any atom is 0.325 e. The van der Waals surface area contributed by atoms with E-state index in [0.29, 0.717) is 17.0 Å². The van der Waals surface area contributed by atoms with Gasteiger partial charge in [0.25, 0.3) is 5.91 Å². The molecule has 3 aromatic rings. The molecule has 34 heavy (non-hydrogen) atoms. The lowest BCUT2D eigenvalue weighted by Crippen LogP contribution is -2.50. The second-order valence-electron chi connectivity index (χ2n) is 8.00. The van der Waals surface area contributed by atoms with Crippen LogP contribution in [0.4, 0.5) is 10.5 Å². The van der Waals surface area contributed by atoms with Crippen LogP contribution >= 0.6 is 22.6 Å². The van der Waals surface area contributed by atoms with E-state index in [-0.39, 0.29) is 0 Å². The van der Waals surface area contributed by atoms with Gasteiger partial charge < -0.3 is 15.4 Å². The lowest BCUT2D eigenvalue weighted by molar-refractivity contribution is -0.134. The highest BCUT2D eigenvalue weighted by atomic mass is 127. The highest BCUT2D eigenvalue weighted by Gasteiger charge is 2.47. The number of ether oxygens (including phenoxy) is 1.